The van der Waals surface area contributed by atoms with Gasteiger partial charge in [0.2, 0.25) is 8.46 Å². The number of rotatable bonds is 29. The molecule has 220 valence electrons. The number of aliphatic hydroxyl groups is 1. The second kappa shape index (κ2) is 26.0. The van der Waals surface area contributed by atoms with Crippen LogP contribution in [0.15, 0.2) is 0 Å². The number of carboxylic acids is 1. The molecule has 0 saturated heterocycles. The van der Waals surface area contributed by atoms with Gasteiger partial charge in [-0.15, -0.1) is 0 Å². The molecule has 0 saturated carbocycles. The molecule has 0 heterocycles. The molecular weight excluding hydrogens is 507 g/mol. The number of thioether (sulfide) groups is 1. The minimum Gasteiger partial charge on any atom is -0.478 e. The van der Waals surface area contributed by atoms with Crippen LogP contribution >= 0.6 is 20.2 Å². The number of carboxylic acid groups (broad SMARTS) is 1. The van der Waals surface area contributed by atoms with Crippen molar-refractivity contribution in [1.29, 1.82) is 0 Å². The minimum absolute atomic E-state index is 0.153. The highest BCUT2D eigenvalue weighted by Crippen LogP contribution is 2.26. The van der Waals surface area contributed by atoms with Gasteiger partial charge in [0.05, 0.1) is 12.7 Å². The van der Waals surface area contributed by atoms with E-state index in [0.29, 0.717) is 18.3 Å². The molecule has 37 heavy (non-hydrogen) atoms. The first-order valence-electron chi connectivity index (χ1n) is 15.0. The maximum atomic E-state index is 11.0. The summed E-state index contributed by atoms with van der Waals surface area (Å²) in [5, 5.41) is 16.7. The van der Waals surface area contributed by atoms with Gasteiger partial charge in [-0.05, 0) is 31.9 Å². The van der Waals surface area contributed by atoms with Crippen molar-refractivity contribution in [2.75, 3.05) is 25.6 Å². The fourth-order valence-corrected chi connectivity index (χ4v) is 5.86. The molecule has 0 aliphatic heterocycles. The third kappa shape index (κ3) is 21.3. The Balaban J connectivity index is 4.23. The fraction of sp³-hybridized carbons (Fsp3) is 0.966. The van der Waals surface area contributed by atoms with Crippen LogP contribution in [0.3, 0.4) is 0 Å². The molecule has 0 aromatic heterocycles. The van der Waals surface area contributed by atoms with Crippen molar-refractivity contribution >= 4 is 26.2 Å². The van der Waals surface area contributed by atoms with E-state index >= 15 is 0 Å². The summed E-state index contributed by atoms with van der Waals surface area (Å²) >= 11 is 2.06. The smallest absolute Gasteiger partial charge is 0.350 e. The topological polar surface area (TPSA) is 93.1 Å². The van der Waals surface area contributed by atoms with Crippen LogP contribution in [0.25, 0.3) is 0 Å². The van der Waals surface area contributed by atoms with Gasteiger partial charge in [-0.1, -0.05) is 110 Å². The molecule has 0 spiro atoms. The molecule has 3 atom stereocenters. The molecule has 0 radical (unpaired) electrons. The Labute approximate surface area is 233 Å². The summed E-state index contributed by atoms with van der Waals surface area (Å²) in [6.45, 7) is 6.96. The summed E-state index contributed by atoms with van der Waals surface area (Å²) in [5.74, 6) is -0.359. The van der Waals surface area contributed by atoms with E-state index in [4.69, 9.17) is 14.6 Å². The lowest BCUT2D eigenvalue weighted by Gasteiger charge is -2.24. The Bertz CT molecular complexity index is 539. The third-order valence-corrected chi connectivity index (χ3v) is 9.00. The van der Waals surface area contributed by atoms with E-state index in [1.54, 1.807) is 0 Å². The number of carbonyl (C=O) groups is 1. The molecule has 0 aromatic carbocycles. The monoisotopic (exact) mass is 564 g/mol. The molecule has 6 nitrogen and oxygen atoms in total. The molecule has 0 rings (SSSR count). The zero-order chi connectivity index (χ0) is 27.6. The van der Waals surface area contributed by atoms with E-state index in [0.717, 1.165) is 0 Å². The van der Waals surface area contributed by atoms with Crippen LogP contribution in [-0.2, 0) is 18.8 Å². The van der Waals surface area contributed by atoms with Crippen LogP contribution in [0.5, 0.6) is 0 Å². The Kier molecular flexibility index (Phi) is 25.9. The summed E-state index contributed by atoms with van der Waals surface area (Å²) in [6, 6.07) is 0. The largest absolute Gasteiger partial charge is 0.478 e. The Morgan fingerprint density at radius 1 is 0.811 bits per heavy atom. The Hall–Kier alpha value is -0.200. The van der Waals surface area contributed by atoms with E-state index in [2.05, 4.69) is 32.5 Å². The van der Waals surface area contributed by atoms with Gasteiger partial charge < -0.3 is 19.7 Å². The summed E-state index contributed by atoms with van der Waals surface area (Å²) in [7, 11) is -0.869. The van der Waals surface area contributed by atoms with Crippen molar-refractivity contribution in [3.8, 4) is 0 Å². The first kappa shape index (κ1) is 36.8. The van der Waals surface area contributed by atoms with Gasteiger partial charge in [0, 0.05) is 18.5 Å². The van der Waals surface area contributed by atoms with Gasteiger partial charge in [0.1, 0.15) is 0 Å². The van der Waals surface area contributed by atoms with Crippen LogP contribution in [-0.4, -0.2) is 58.5 Å². The molecular formula is C29H57O6PS. The van der Waals surface area contributed by atoms with Crippen molar-refractivity contribution in [2.45, 2.75) is 153 Å². The highest BCUT2D eigenvalue weighted by atomic mass is 32.2. The van der Waals surface area contributed by atoms with E-state index in [1.807, 2.05) is 0 Å². The summed E-state index contributed by atoms with van der Waals surface area (Å²) in [5.41, 5.74) is 0. The number of hydrogen-bond donors (Lipinski definition) is 2. The highest BCUT2D eigenvalue weighted by molar-refractivity contribution is 7.99. The van der Waals surface area contributed by atoms with Gasteiger partial charge in [-0.25, -0.2) is 4.79 Å². The van der Waals surface area contributed by atoms with Crippen molar-refractivity contribution < 1.29 is 29.0 Å². The van der Waals surface area contributed by atoms with Gasteiger partial charge in [0.25, 0.3) is 5.34 Å². The summed E-state index contributed by atoms with van der Waals surface area (Å²) in [4.78, 5) is 11.0. The van der Waals surface area contributed by atoms with Crippen LogP contribution in [0.1, 0.15) is 136 Å². The predicted octanol–water partition coefficient (Wildman–Crippen LogP) is 8.64. The molecule has 8 heteroatoms. The van der Waals surface area contributed by atoms with Crippen molar-refractivity contribution in [1.82, 2.24) is 0 Å². The highest BCUT2D eigenvalue weighted by Gasteiger charge is 2.37. The normalized spacial score (nSPS) is 15.0. The third-order valence-electron chi connectivity index (χ3n) is 6.81. The molecule has 0 aliphatic carbocycles. The standard InChI is InChI=1S/C29H57O6PS/c1-4-6-8-10-12-13-15-17-19-24-37-27(21-18-16-14-11-9-7-5-2)26(3)35-23-20-22-34-25-29(32,36-33)28(30)31/h26-27,32H,4-25H2,1-3H3,(H,30,31). The van der Waals surface area contributed by atoms with E-state index in [-0.39, 0.29) is 12.7 Å². The molecule has 0 bridgehead atoms. The average Bonchev–Trinajstić information content (AvgIpc) is 2.89. The zero-order valence-electron chi connectivity index (χ0n) is 24.1. The Morgan fingerprint density at radius 3 is 1.84 bits per heavy atom. The lowest BCUT2D eigenvalue weighted by Crippen LogP contribution is -2.37. The second-order valence-corrected chi connectivity index (χ2v) is 12.6. The van der Waals surface area contributed by atoms with E-state index < -0.39 is 26.4 Å². The van der Waals surface area contributed by atoms with E-state index in [9.17, 15) is 14.5 Å². The SMILES string of the molecule is CCCCCCCCCCCSC(CCCCCCCCC)C(C)OCCCOCC(O)(P=O)C(=O)O. The van der Waals surface area contributed by atoms with Gasteiger partial charge in [-0.2, -0.15) is 11.8 Å². The van der Waals surface area contributed by atoms with Crippen molar-refractivity contribution in [2.24, 2.45) is 0 Å². The van der Waals surface area contributed by atoms with Gasteiger partial charge >= 0.3 is 5.97 Å². The maximum absolute atomic E-state index is 11.0. The van der Waals surface area contributed by atoms with Crippen molar-refractivity contribution in [3.05, 3.63) is 0 Å². The molecule has 0 aliphatic rings. The van der Waals surface area contributed by atoms with Crippen LogP contribution < -0.4 is 0 Å². The summed E-state index contributed by atoms with van der Waals surface area (Å²) < 4.78 is 22.2. The lowest BCUT2D eigenvalue weighted by atomic mass is 10.1. The van der Waals surface area contributed by atoms with Crippen LogP contribution in [0, 0.1) is 0 Å². The van der Waals surface area contributed by atoms with Gasteiger partial charge in [0.15, 0.2) is 0 Å². The fourth-order valence-electron chi connectivity index (χ4n) is 4.28. The van der Waals surface area contributed by atoms with Gasteiger partial charge in [-0.3, -0.25) is 4.57 Å². The lowest BCUT2D eigenvalue weighted by molar-refractivity contribution is -0.154. The molecule has 2 N–H and O–H groups in total. The quantitative estimate of drug-likeness (QED) is 0.0693. The van der Waals surface area contributed by atoms with E-state index in [1.165, 1.54) is 115 Å². The minimum atomic E-state index is -2.37. The first-order chi connectivity index (χ1) is 17.9. The number of aliphatic carboxylic acids is 1. The van der Waals surface area contributed by atoms with Crippen LogP contribution in [0.4, 0.5) is 0 Å². The Morgan fingerprint density at radius 2 is 1.32 bits per heavy atom. The molecule has 0 aromatic rings. The number of unbranched alkanes of at least 4 members (excludes halogenated alkanes) is 14. The molecule has 3 unspecified atom stereocenters. The van der Waals surface area contributed by atoms with Crippen LogP contribution in [0.2, 0.25) is 0 Å². The maximum Gasteiger partial charge on any atom is 0.350 e. The summed E-state index contributed by atoms with van der Waals surface area (Å²) in [6.07, 6.45) is 23.3. The van der Waals surface area contributed by atoms with Crippen molar-refractivity contribution in [3.63, 3.8) is 0 Å². The predicted molar refractivity (Wildman–Crippen MR) is 157 cm³/mol. The molecule has 0 amide bonds. The first-order valence-corrected chi connectivity index (χ1v) is 16.9. The zero-order valence-corrected chi connectivity index (χ0v) is 25.8. The number of hydrogen-bond acceptors (Lipinski definition) is 6. The number of ether oxygens (including phenoxy) is 2. The second-order valence-electron chi connectivity index (χ2n) is 10.3. The molecule has 0 fully saturated rings. The average molecular weight is 565 g/mol.